The number of urea groups is 1. The van der Waals surface area contributed by atoms with Crippen molar-refractivity contribution >= 4 is 6.03 Å². The number of rotatable bonds is 2. The number of fused-ring (bicyclic) bond motifs is 2. The molecule has 3 atom stereocenters. The number of likely N-dealkylation sites (tertiary alicyclic amines) is 1. The van der Waals surface area contributed by atoms with Gasteiger partial charge >= 0.3 is 6.03 Å². The lowest BCUT2D eigenvalue weighted by Gasteiger charge is -2.41. The number of amides is 2. The SMILES string of the molecule is CC1(C)C2CCC1(C)C(NC(=O)N1CCC(n3cncn3)CC1)C2. The van der Waals surface area contributed by atoms with Gasteiger partial charge in [-0.2, -0.15) is 5.10 Å². The van der Waals surface area contributed by atoms with E-state index in [1.807, 2.05) is 9.58 Å². The summed E-state index contributed by atoms with van der Waals surface area (Å²) < 4.78 is 1.93. The first kappa shape index (κ1) is 15.9. The van der Waals surface area contributed by atoms with E-state index in [0.29, 0.717) is 17.5 Å². The molecule has 0 aromatic carbocycles. The Bertz CT molecular complexity index is 605. The molecule has 6 heteroatoms. The predicted molar refractivity (Wildman–Crippen MR) is 91.4 cm³/mol. The van der Waals surface area contributed by atoms with Crippen molar-refractivity contribution < 1.29 is 4.79 Å². The molecule has 1 aromatic rings. The molecule has 3 fully saturated rings. The van der Waals surface area contributed by atoms with Gasteiger partial charge in [0, 0.05) is 19.1 Å². The highest BCUT2D eigenvalue weighted by atomic mass is 16.2. The molecule has 24 heavy (non-hydrogen) atoms. The van der Waals surface area contributed by atoms with Crippen molar-refractivity contribution in [1.29, 1.82) is 0 Å². The van der Waals surface area contributed by atoms with Crippen LogP contribution in [-0.4, -0.2) is 44.8 Å². The first-order valence-electron chi connectivity index (χ1n) is 9.31. The van der Waals surface area contributed by atoms with Gasteiger partial charge in [0.15, 0.2) is 0 Å². The van der Waals surface area contributed by atoms with Crippen LogP contribution in [0.5, 0.6) is 0 Å². The Hall–Kier alpha value is -1.59. The summed E-state index contributed by atoms with van der Waals surface area (Å²) in [6.45, 7) is 8.75. The van der Waals surface area contributed by atoms with Gasteiger partial charge in [-0.3, -0.25) is 0 Å². The van der Waals surface area contributed by atoms with Gasteiger partial charge in [-0.05, 0) is 48.9 Å². The lowest BCUT2D eigenvalue weighted by molar-refractivity contribution is 0.113. The van der Waals surface area contributed by atoms with Crippen LogP contribution in [0.15, 0.2) is 12.7 Å². The molecule has 1 aromatic heterocycles. The van der Waals surface area contributed by atoms with Crippen LogP contribution in [0.4, 0.5) is 4.79 Å². The summed E-state index contributed by atoms with van der Waals surface area (Å²) >= 11 is 0. The molecule has 2 saturated carbocycles. The molecule has 2 bridgehead atoms. The summed E-state index contributed by atoms with van der Waals surface area (Å²) in [5.74, 6) is 0.755. The molecule has 3 aliphatic rings. The van der Waals surface area contributed by atoms with Crippen LogP contribution in [0, 0.1) is 16.7 Å². The summed E-state index contributed by atoms with van der Waals surface area (Å²) in [4.78, 5) is 18.8. The van der Waals surface area contributed by atoms with Crippen molar-refractivity contribution in [1.82, 2.24) is 25.0 Å². The normalized spacial score (nSPS) is 35.4. The maximum atomic E-state index is 12.8. The van der Waals surface area contributed by atoms with Crippen molar-refractivity contribution in [2.75, 3.05) is 13.1 Å². The maximum Gasteiger partial charge on any atom is 0.317 e. The van der Waals surface area contributed by atoms with E-state index in [1.54, 1.807) is 12.7 Å². The molecule has 0 spiro atoms. The zero-order chi connectivity index (χ0) is 16.9. The Kier molecular flexibility index (Phi) is 3.62. The van der Waals surface area contributed by atoms with Gasteiger partial charge < -0.3 is 10.2 Å². The molecule has 6 nitrogen and oxygen atoms in total. The van der Waals surface area contributed by atoms with Gasteiger partial charge in [0.05, 0.1) is 6.04 Å². The zero-order valence-electron chi connectivity index (χ0n) is 15.0. The van der Waals surface area contributed by atoms with Crippen LogP contribution < -0.4 is 5.32 Å². The first-order chi connectivity index (χ1) is 11.4. The van der Waals surface area contributed by atoms with Gasteiger partial charge in [0.2, 0.25) is 0 Å². The summed E-state index contributed by atoms with van der Waals surface area (Å²) in [7, 11) is 0. The third kappa shape index (κ3) is 2.25. The van der Waals surface area contributed by atoms with Crippen LogP contribution in [0.3, 0.4) is 0 Å². The number of carbonyl (C=O) groups excluding carboxylic acids is 1. The number of carbonyl (C=O) groups is 1. The van der Waals surface area contributed by atoms with Gasteiger partial charge in [-0.25, -0.2) is 14.5 Å². The molecule has 1 aliphatic heterocycles. The third-order valence-electron chi connectivity index (χ3n) is 7.65. The fourth-order valence-electron chi connectivity index (χ4n) is 5.40. The lowest BCUT2D eigenvalue weighted by atomic mass is 9.69. The molecular weight excluding hydrogens is 302 g/mol. The third-order valence-corrected chi connectivity index (χ3v) is 7.65. The van der Waals surface area contributed by atoms with E-state index in [4.69, 9.17) is 0 Å². The molecule has 132 valence electrons. The Labute approximate surface area is 144 Å². The monoisotopic (exact) mass is 331 g/mol. The summed E-state index contributed by atoms with van der Waals surface area (Å²) in [6, 6.07) is 0.823. The van der Waals surface area contributed by atoms with E-state index in [-0.39, 0.29) is 11.4 Å². The minimum Gasteiger partial charge on any atom is -0.335 e. The molecule has 1 N–H and O–H groups in total. The Morgan fingerprint density at radius 3 is 2.50 bits per heavy atom. The van der Waals surface area contributed by atoms with E-state index in [0.717, 1.165) is 38.3 Å². The minimum atomic E-state index is 0.126. The highest BCUT2D eigenvalue weighted by Gasteiger charge is 2.61. The molecule has 4 rings (SSSR count). The second kappa shape index (κ2) is 5.46. The summed E-state index contributed by atoms with van der Waals surface area (Å²) in [5.41, 5.74) is 0.581. The Morgan fingerprint density at radius 2 is 1.96 bits per heavy atom. The fourth-order valence-corrected chi connectivity index (χ4v) is 5.40. The van der Waals surface area contributed by atoms with E-state index in [9.17, 15) is 4.79 Å². The largest absolute Gasteiger partial charge is 0.335 e. The molecule has 2 heterocycles. The maximum absolute atomic E-state index is 12.8. The van der Waals surface area contributed by atoms with Gasteiger partial charge in [0.1, 0.15) is 12.7 Å². The Balaban J connectivity index is 1.35. The summed E-state index contributed by atoms with van der Waals surface area (Å²) in [6.07, 6.45) is 8.96. The van der Waals surface area contributed by atoms with E-state index < -0.39 is 0 Å². The number of piperidine rings is 1. The second-order valence-electron chi connectivity index (χ2n) is 8.71. The molecule has 0 radical (unpaired) electrons. The van der Waals surface area contributed by atoms with E-state index >= 15 is 0 Å². The van der Waals surface area contributed by atoms with Crippen molar-refractivity contribution in [2.45, 2.75) is 65.0 Å². The van der Waals surface area contributed by atoms with Gasteiger partial charge in [0.25, 0.3) is 0 Å². The zero-order valence-corrected chi connectivity index (χ0v) is 15.0. The van der Waals surface area contributed by atoms with Crippen molar-refractivity contribution in [3.05, 3.63) is 12.7 Å². The molecule has 3 unspecified atom stereocenters. The highest BCUT2D eigenvalue weighted by molar-refractivity contribution is 5.74. The smallest absolute Gasteiger partial charge is 0.317 e. The second-order valence-corrected chi connectivity index (χ2v) is 8.71. The number of hydrogen-bond acceptors (Lipinski definition) is 3. The highest BCUT2D eigenvalue weighted by Crippen LogP contribution is 2.65. The fraction of sp³-hybridized carbons (Fsp3) is 0.833. The van der Waals surface area contributed by atoms with Crippen LogP contribution in [0.25, 0.3) is 0 Å². The number of aromatic nitrogens is 3. The van der Waals surface area contributed by atoms with Crippen molar-refractivity contribution in [3.8, 4) is 0 Å². The number of nitrogens with one attached hydrogen (secondary N) is 1. The van der Waals surface area contributed by atoms with Crippen LogP contribution in [0.1, 0.15) is 58.9 Å². The Morgan fingerprint density at radius 1 is 1.21 bits per heavy atom. The first-order valence-corrected chi connectivity index (χ1v) is 9.31. The van der Waals surface area contributed by atoms with Gasteiger partial charge in [-0.15, -0.1) is 0 Å². The molecule has 2 aliphatic carbocycles. The molecular formula is C18H29N5O. The molecule has 1 saturated heterocycles. The van der Waals surface area contributed by atoms with Crippen LogP contribution >= 0.6 is 0 Å². The lowest BCUT2D eigenvalue weighted by Crippen LogP contribution is -2.52. The van der Waals surface area contributed by atoms with Crippen molar-refractivity contribution in [2.24, 2.45) is 16.7 Å². The van der Waals surface area contributed by atoms with Gasteiger partial charge in [-0.1, -0.05) is 20.8 Å². The standard InChI is InChI=1S/C18H29N5O/c1-17(2)13-4-7-18(17,3)15(10-13)21-16(24)22-8-5-14(6-9-22)23-12-19-11-20-23/h11-15H,4-10H2,1-3H3,(H,21,24). The van der Waals surface area contributed by atoms with Crippen LogP contribution in [-0.2, 0) is 0 Å². The average Bonchev–Trinajstić information content (AvgIpc) is 3.22. The van der Waals surface area contributed by atoms with Crippen molar-refractivity contribution in [3.63, 3.8) is 0 Å². The number of nitrogens with zero attached hydrogens (tertiary/aromatic N) is 4. The minimum absolute atomic E-state index is 0.126. The summed E-state index contributed by atoms with van der Waals surface area (Å²) in [5, 5.41) is 7.61. The average molecular weight is 331 g/mol. The molecule has 2 amide bonds. The van der Waals surface area contributed by atoms with E-state index in [1.165, 1.54) is 12.8 Å². The number of hydrogen-bond donors (Lipinski definition) is 1. The van der Waals surface area contributed by atoms with Crippen LogP contribution in [0.2, 0.25) is 0 Å². The van der Waals surface area contributed by atoms with E-state index in [2.05, 4.69) is 36.2 Å². The quantitative estimate of drug-likeness (QED) is 0.906. The topological polar surface area (TPSA) is 63.1 Å². The predicted octanol–water partition coefficient (Wildman–Crippen LogP) is 2.84.